The Morgan fingerprint density at radius 3 is 1.55 bits per heavy atom. The van der Waals surface area contributed by atoms with Gasteiger partial charge in [-0.3, -0.25) is 0 Å². The van der Waals surface area contributed by atoms with Crippen LogP contribution in [0.15, 0.2) is 0 Å². The van der Waals surface area contributed by atoms with E-state index in [0.29, 0.717) is 0 Å². The third-order valence-electron chi connectivity index (χ3n) is 1.27. The van der Waals surface area contributed by atoms with Gasteiger partial charge in [-0.1, -0.05) is 0 Å². The molecule has 0 aliphatic carbocycles. The standard InChI is InChI=1S/C5H12O4S2/c1-5(11(3,8)9)4-10(2,6)7/h5H,4H2,1-3H3. The zero-order chi connectivity index (χ0) is 9.28. The van der Waals surface area contributed by atoms with Crippen molar-refractivity contribution in [2.75, 3.05) is 18.3 Å². The lowest BCUT2D eigenvalue weighted by molar-refractivity contribution is 0.583. The van der Waals surface area contributed by atoms with Crippen LogP contribution in [0.5, 0.6) is 0 Å². The maximum Gasteiger partial charge on any atom is 0.151 e. The van der Waals surface area contributed by atoms with Crippen LogP contribution >= 0.6 is 0 Å². The summed E-state index contributed by atoms with van der Waals surface area (Å²) in [4.78, 5) is 0. The number of sulfone groups is 2. The highest BCUT2D eigenvalue weighted by Gasteiger charge is 2.19. The molecule has 0 saturated heterocycles. The Kier molecular flexibility index (Phi) is 3.07. The second kappa shape index (κ2) is 3.10. The summed E-state index contributed by atoms with van der Waals surface area (Å²) in [6.45, 7) is 1.39. The molecule has 0 aromatic carbocycles. The van der Waals surface area contributed by atoms with Gasteiger partial charge in [-0.2, -0.15) is 0 Å². The third kappa shape index (κ3) is 5.20. The lowest BCUT2D eigenvalue weighted by atomic mass is 10.6. The molecule has 4 nitrogen and oxygen atoms in total. The number of rotatable bonds is 3. The Labute approximate surface area is 67.4 Å². The van der Waals surface area contributed by atoms with Gasteiger partial charge in [0.15, 0.2) is 9.84 Å². The largest absolute Gasteiger partial charge is 0.229 e. The lowest BCUT2D eigenvalue weighted by Gasteiger charge is -2.05. The smallest absolute Gasteiger partial charge is 0.151 e. The van der Waals surface area contributed by atoms with Crippen LogP contribution in [0.4, 0.5) is 0 Å². The zero-order valence-electron chi connectivity index (χ0n) is 6.73. The normalized spacial score (nSPS) is 16.3. The molecule has 0 heterocycles. The van der Waals surface area contributed by atoms with Crippen molar-refractivity contribution in [2.24, 2.45) is 0 Å². The topological polar surface area (TPSA) is 68.3 Å². The van der Waals surface area contributed by atoms with E-state index in [0.717, 1.165) is 12.5 Å². The van der Waals surface area contributed by atoms with Crippen molar-refractivity contribution in [1.82, 2.24) is 0 Å². The molecule has 0 aliphatic heterocycles. The molecular formula is C5H12O4S2. The Morgan fingerprint density at radius 1 is 1.09 bits per heavy atom. The minimum Gasteiger partial charge on any atom is -0.229 e. The van der Waals surface area contributed by atoms with Crippen molar-refractivity contribution in [3.8, 4) is 0 Å². The highest BCUT2D eigenvalue weighted by Crippen LogP contribution is 2.00. The fourth-order valence-electron chi connectivity index (χ4n) is 0.550. The highest BCUT2D eigenvalue weighted by atomic mass is 32.2. The SMILES string of the molecule is CC(CS(C)(=O)=O)S(C)(=O)=O. The summed E-state index contributed by atoms with van der Waals surface area (Å²) in [6.07, 6.45) is 2.05. The maximum absolute atomic E-state index is 10.7. The van der Waals surface area contributed by atoms with Crippen LogP contribution < -0.4 is 0 Å². The van der Waals surface area contributed by atoms with Gasteiger partial charge in [-0.25, -0.2) is 16.8 Å². The molecule has 0 bridgehead atoms. The minimum absolute atomic E-state index is 0.300. The summed E-state index contributed by atoms with van der Waals surface area (Å²) >= 11 is 0. The van der Waals surface area contributed by atoms with E-state index >= 15 is 0 Å². The number of hydrogen-bond acceptors (Lipinski definition) is 4. The Morgan fingerprint density at radius 2 is 1.45 bits per heavy atom. The monoisotopic (exact) mass is 200 g/mol. The van der Waals surface area contributed by atoms with Crippen molar-refractivity contribution in [3.63, 3.8) is 0 Å². The Hall–Kier alpha value is -0.100. The molecule has 0 amide bonds. The van der Waals surface area contributed by atoms with Gasteiger partial charge in [-0.05, 0) is 6.92 Å². The zero-order valence-corrected chi connectivity index (χ0v) is 8.37. The van der Waals surface area contributed by atoms with Gasteiger partial charge in [0, 0.05) is 12.5 Å². The summed E-state index contributed by atoms with van der Waals surface area (Å²) in [5.74, 6) is -0.300. The summed E-state index contributed by atoms with van der Waals surface area (Å²) < 4.78 is 42.7. The van der Waals surface area contributed by atoms with E-state index < -0.39 is 24.9 Å². The first-order valence-electron chi connectivity index (χ1n) is 2.99. The second-order valence-electron chi connectivity index (χ2n) is 2.73. The second-order valence-corrected chi connectivity index (χ2v) is 7.38. The predicted molar refractivity (Wildman–Crippen MR) is 44.0 cm³/mol. The van der Waals surface area contributed by atoms with Crippen LogP contribution in [0.25, 0.3) is 0 Å². The van der Waals surface area contributed by atoms with Crippen molar-refractivity contribution in [1.29, 1.82) is 0 Å². The van der Waals surface area contributed by atoms with E-state index in [2.05, 4.69) is 0 Å². The molecule has 0 aromatic heterocycles. The van der Waals surface area contributed by atoms with Crippen LogP contribution in [-0.4, -0.2) is 40.3 Å². The lowest BCUT2D eigenvalue weighted by Crippen LogP contribution is -2.25. The average Bonchev–Trinajstić information content (AvgIpc) is 1.56. The fourth-order valence-corrected chi connectivity index (χ4v) is 3.13. The quantitative estimate of drug-likeness (QED) is 0.614. The van der Waals surface area contributed by atoms with E-state index in [1.807, 2.05) is 0 Å². The first-order chi connectivity index (χ1) is 4.63. The molecule has 0 rings (SSSR count). The van der Waals surface area contributed by atoms with Crippen molar-refractivity contribution in [2.45, 2.75) is 12.2 Å². The van der Waals surface area contributed by atoms with Gasteiger partial charge in [0.2, 0.25) is 0 Å². The molecule has 0 N–H and O–H groups in total. The molecule has 0 fully saturated rings. The Bertz CT molecular complexity index is 310. The summed E-state index contributed by atoms with van der Waals surface area (Å²) in [5.41, 5.74) is 0. The Balaban J connectivity index is 4.47. The molecule has 0 spiro atoms. The van der Waals surface area contributed by atoms with E-state index in [1.165, 1.54) is 6.92 Å². The van der Waals surface area contributed by atoms with Crippen LogP contribution in [-0.2, 0) is 19.7 Å². The number of hydrogen-bond donors (Lipinski definition) is 0. The fraction of sp³-hybridized carbons (Fsp3) is 1.00. The molecular weight excluding hydrogens is 188 g/mol. The predicted octanol–water partition coefficient (Wildman–Crippen LogP) is -0.536. The summed E-state index contributed by atoms with van der Waals surface area (Å²) in [7, 11) is -6.40. The molecule has 11 heavy (non-hydrogen) atoms. The van der Waals surface area contributed by atoms with Crippen molar-refractivity contribution < 1.29 is 16.8 Å². The van der Waals surface area contributed by atoms with Gasteiger partial charge in [-0.15, -0.1) is 0 Å². The van der Waals surface area contributed by atoms with Crippen molar-refractivity contribution >= 4 is 19.7 Å². The summed E-state index contributed by atoms with van der Waals surface area (Å²) in [5, 5.41) is -0.808. The van der Waals surface area contributed by atoms with Crippen LogP contribution in [0.2, 0.25) is 0 Å². The van der Waals surface area contributed by atoms with E-state index in [1.54, 1.807) is 0 Å². The minimum atomic E-state index is -3.22. The molecule has 6 heteroatoms. The molecule has 68 valence electrons. The third-order valence-corrected chi connectivity index (χ3v) is 4.21. The molecule has 0 aliphatic rings. The van der Waals surface area contributed by atoms with E-state index in [-0.39, 0.29) is 5.75 Å². The van der Waals surface area contributed by atoms with Gasteiger partial charge in [0.05, 0.1) is 11.0 Å². The first-order valence-corrected chi connectivity index (χ1v) is 7.01. The average molecular weight is 200 g/mol. The first kappa shape index (κ1) is 10.9. The van der Waals surface area contributed by atoms with Crippen LogP contribution in [0.1, 0.15) is 6.92 Å². The van der Waals surface area contributed by atoms with E-state index in [4.69, 9.17) is 0 Å². The van der Waals surface area contributed by atoms with Gasteiger partial charge in [0.1, 0.15) is 9.84 Å². The molecule has 1 unspecified atom stereocenters. The molecule has 1 atom stereocenters. The van der Waals surface area contributed by atoms with Gasteiger partial charge in [0.25, 0.3) is 0 Å². The van der Waals surface area contributed by atoms with Gasteiger partial charge < -0.3 is 0 Å². The molecule has 0 aromatic rings. The van der Waals surface area contributed by atoms with Gasteiger partial charge >= 0.3 is 0 Å². The molecule has 0 radical (unpaired) electrons. The van der Waals surface area contributed by atoms with E-state index in [9.17, 15) is 16.8 Å². The van der Waals surface area contributed by atoms with Crippen LogP contribution in [0.3, 0.4) is 0 Å². The maximum atomic E-state index is 10.7. The van der Waals surface area contributed by atoms with Crippen LogP contribution in [0, 0.1) is 0 Å². The van der Waals surface area contributed by atoms with Crippen molar-refractivity contribution in [3.05, 3.63) is 0 Å². The summed E-state index contributed by atoms with van der Waals surface area (Å²) in [6, 6.07) is 0. The molecule has 0 saturated carbocycles. The highest BCUT2D eigenvalue weighted by molar-refractivity contribution is 7.94.